The van der Waals surface area contributed by atoms with Crippen molar-refractivity contribution >= 4 is 11.9 Å². The van der Waals surface area contributed by atoms with Gasteiger partial charge < -0.3 is 34.2 Å². The molecule has 12 heteroatoms. The molecule has 5 atom stereocenters. The Kier molecular flexibility index (Phi) is 7.07. The number of ether oxygens (including phenoxy) is 6. The van der Waals surface area contributed by atoms with Crippen molar-refractivity contribution in [2.24, 2.45) is 5.73 Å². The van der Waals surface area contributed by atoms with Crippen LogP contribution in [-0.4, -0.2) is 78.5 Å². The average molecular weight is 448 g/mol. The van der Waals surface area contributed by atoms with Gasteiger partial charge in [0.2, 0.25) is 5.82 Å². The fourth-order valence-electron chi connectivity index (χ4n) is 3.47. The van der Waals surface area contributed by atoms with Gasteiger partial charge in [0.1, 0.15) is 37.9 Å². The molecular formula is C20H24N4O8. The van der Waals surface area contributed by atoms with Gasteiger partial charge in [-0.1, -0.05) is 30.3 Å². The number of carbonyl (C=O) groups is 2. The molecular weight excluding hydrogens is 424 g/mol. The van der Waals surface area contributed by atoms with Crippen LogP contribution in [0.15, 0.2) is 36.7 Å². The van der Waals surface area contributed by atoms with E-state index in [1.807, 2.05) is 30.3 Å². The van der Waals surface area contributed by atoms with Crippen molar-refractivity contribution in [1.29, 1.82) is 0 Å². The Morgan fingerprint density at radius 1 is 1.12 bits per heavy atom. The molecule has 1 aromatic carbocycles. The van der Waals surface area contributed by atoms with Crippen LogP contribution in [0.5, 0.6) is 0 Å². The smallest absolute Gasteiger partial charge is 0.332 e. The maximum absolute atomic E-state index is 12.0. The number of nitrogens with two attached hydrogens (primary N) is 1. The number of aromatic nitrogens is 3. The minimum Gasteiger partial charge on any atom is -0.461 e. The highest BCUT2D eigenvalue weighted by molar-refractivity contribution is 5.88. The zero-order valence-electron chi connectivity index (χ0n) is 17.4. The van der Waals surface area contributed by atoms with E-state index in [4.69, 9.17) is 34.2 Å². The lowest BCUT2D eigenvalue weighted by molar-refractivity contribution is -0.170. The van der Waals surface area contributed by atoms with E-state index in [1.165, 1.54) is 11.0 Å². The van der Waals surface area contributed by atoms with Gasteiger partial charge >= 0.3 is 5.97 Å². The molecule has 0 spiro atoms. The zero-order chi connectivity index (χ0) is 22.5. The van der Waals surface area contributed by atoms with Gasteiger partial charge in [-0.2, -0.15) is 0 Å². The summed E-state index contributed by atoms with van der Waals surface area (Å²) >= 11 is 0. The molecule has 0 aliphatic carbocycles. The molecule has 1 amide bonds. The van der Waals surface area contributed by atoms with Crippen molar-refractivity contribution in [3.05, 3.63) is 48.0 Å². The monoisotopic (exact) mass is 448 g/mol. The lowest BCUT2D eigenvalue weighted by Crippen LogP contribution is -2.33. The number of amides is 1. The molecule has 4 rings (SSSR count). The number of hydrogen-bond acceptors (Lipinski definition) is 10. The molecule has 0 bridgehead atoms. The second kappa shape index (κ2) is 10.1. The SMILES string of the molecule is COCCOCC(=O)OCC1OC(n2cnc(C(N)=O)n2)[C@@H]2OC(c3ccccc3)OC12. The van der Waals surface area contributed by atoms with Crippen molar-refractivity contribution in [2.75, 3.05) is 33.5 Å². The summed E-state index contributed by atoms with van der Waals surface area (Å²) < 4.78 is 34.9. The van der Waals surface area contributed by atoms with Gasteiger partial charge in [0, 0.05) is 12.7 Å². The van der Waals surface area contributed by atoms with Crippen molar-refractivity contribution in [3.63, 3.8) is 0 Å². The third kappa shape index (κ3) is 4.95. The Labute approximate surface area is 183 Å². The van der Waals surface area contributed by atoms with Crippen molar-refractivity contribution in [2.45, 2.75) is 30.8 Å². The molecule has 2 aliphatic heterocycles. The first-order chi connectivity index (χ1) is 15.6. The fraction of sp³-hybridized carbons (Fsp3) is 0.500. The van der Waals surface area contributed by atoms with Crippen LogP contribution < -0.4 is 5.73 Å². The van der Waals surface area contributed by atoms with Gasteiger partial charge in [-0.15, -0.1) is 5.10 Å². The summed E-state index contributed by atoms with van der Waals surface area (Å²) in [4.78, 5) is 27.2. The largest absolute Gasteiger partial charge is 0.461 e. The van der Waals surface area contributed by atoms with Crippen molar-refractivity contribution in [3.8, 4) is 0 Å². The Hall–Kier alpha value is -2.90. The molecule has 0 radical (unpaired) electrons. The fourth-order valence-corrected chi connectivity index (χ4v) is 3.47. The molecule has 0 saturated carbocycles. The van der Waals surface area contributed by atoms with Crippen LogP contribution in [0.3, 0.4) is 0 Å². The third-order valence-electron chi connectivity index (χ3n) is 4.97. The second-order valence-electron chi connectivity index (χ2n) is 7.15. The number of nitrogens with zero attached hydrogens (tertiary/aromatic N) is 3. The van der Waals surface area contributed by atoms with Crippen LogP contribution in [0.25, 0.3) is 0 Å². The van der Waals surface area contributed by atoms with E-state index < -0.39 is 42.7 Å². The summed E-state index contributed by atoms with van der Waals surface area (Å²) in [7, 11) is 1.54. The van der Waals surface area contributed by atoms with Crippen molar-refractivity contribution < 1.29 is 38.0 Å². The summed E-state index contributed by atoms with van der Waals surface area (Å²) in [6, 6.07) is 9.42. The van der Waals surface area contributed by atoms with E-state index >= 15 is 0 Å². The van der Waals surface area contributed by atoms with E-state index in [2.05, 4.69) is 10.1 Å². The topological polar surface area (TPSA) is 146 Å². The van der Waals surface area contributed by atoms with E-state index in [0.29, 0.717) is 6.61 Å². The maximum atomic E-state index is 12.0. The number of esters is 1. The molecule has 2 aliphatic rings. The first-order valence-electron chi connectivity index (χ1n) is 10.0. The third-order valence-corrected chi connectivity index (χ3v) is 4.97. The highest BCUT2D eigenvalue weighted by Crippen LogP contribution is 2.43. The van der Waals surface area contributed by atoms with Gasteiger partial charge in [0.05, 0.1) is 13.2 Å². The first-order valence-corrected chi connectivity index (χ1v) is 10.0. The molecule has 2 fully saturated rings. The lowest BCUT2D eigenvalue weighted by Gasteiger charge is -2.20. The number of methoxy groups -OCH3 is 1. The Morgan fingerprint density at radius 2 is 1.91 bits per heavy atom. The summed E-state index contributed by atoms with van der Waals surface area (Å²) in [6.45, 7) is 0.374. The minimum absolute atomic E-state index is 0.0770. The average Bonchev–Trinajstić information content (AvgIpc) is 3.51. The summed E-state index contributed by atoms with van der Waals surface area (Å²) in [6.07, 6.45) is -1.82. The van der Waals surface area contributed by atoms with Crippen molar-refractivity contribution in [1.82, 2.24) is 14.8 Å². The molecule has 32 heavy (non-hydrogen) atoms. The summed E-state index contributed by atoms with van der Waals surface area (Å²) in [5.41, 5.74) is 6.08. The van der Waals surface area contributed by atoms with Crippen LogP contribution in [0.1, 0.15) is 28.7 Å². The summed E-state index contributed by atoms with van der Waals surface area (Å²) in [5, 5.41) is 4.07. The maximum Gasteiger partial charge on any atom is 0.332 e. The van der Waals surface area contributed by atoms with Gasteiger partial charge in [-0.25, -0.2) is 14.5 Å². The van der Waals surface area contributed by atoms with Crippen LogP contribution >= 0.6 is 0 Å². The van der Waals surface area contributed by atoms with Crippen LogP contribution in [0.4, 0.5) is 0 Å². The van der Waals surface area contributed by atoms with E-state index in [-0.39, 0.29) is 25.6 Å². The Bertz CT molecular complexity index is 923. The highest BCUT2D eigenvalue weighted by Gasteiger charge is 2.54. The van der Waals surface area contributed by atoms with E-state index in [0.717, 1.165) is 5.56 Å². The first kappa shape index (κ1) is 22.3. The van der Waals surface area contributed by atoms with E-state index in [1.54, 1.807) is 7.11 Å². The molecule has 12 nitrogen and oxygen atoms in total. The predicted octanol–water partition coefficient (Wildman–Crippen LogP) is -0.0366. The standard InChI is InChI=1S/C20H24N4O8/c1-27-7-8-28-10-14(25)29-9-13-15-16(32-20(31-15)12-5-3-2-4-6-12)19(30-13)24-11-22-18(23-24)17(21)26/h2-6,11,13,15-16,19-20H,7-10H2,1H3,(H2,21,26)/t13?,15?,16-,19?,20?/m1/s1. The number of carbonyl (C=O) groups excluding carboxylic acids is 2. The number of fused-ring (bicyclic) bond motifs is 1. The van der Waals surface area contributed by atoms with Crippen LogP contribution in [0, 0.1) is 0 Å². The Morgan fingerprint density at radius 3 is 2.62 bits per heavy atom. The molecule has 172 valence electrons. The molecule has 2 N–H and O–H groups in total. The summed E-state index contributed by atoms with van der Waals surface area (Å²) in [5.74, 6) is -1.45. The molecule has 3 heterocycles. The predicted molar refractivity (Wildman–Crippen MR) is 105 cm³/mol. The minimum atomic E-state index is -0.761. The Balaban J connectivity index is 1.44. The molecule has 1 aromatic heterocycles. The van der Waals surface area contributed by atoms with Crippen LogP contribution in [0.2, 0.25) is 0 Å². The molecule has 2 aromatic rings. The van der Waals surface area contributed by atoms with Gasteiger partial charge in [-0.05, 0) is 0 Å². The van der Waals surface area contributed by atoms with Gasteiger partial charge in [-0.3, -0.25) is 4.79 Å². The number of benzene rings is 1. The quantitative estimate of drug-likeness (QED) is 0.388. The zero-order valence-corrected chi connectivity index (χ0v) is 17.4. The van der Waals surface area contributed by atoms with Crippen LogP contribution in [-0.2, 0) is 33.2 Å². The van der Waals surface area contributed by atoms with Gasteiger partial charge in [0.15, 0.2) is 12.5 Å². The normalized spacial score (nSPS) is 26.7. The highest BCUT2D eigenvalue weighted by atomic mass is 16.8. The van der Waals surface area contributed by atoms with E-state index in [9.17, 15) is 9.59 Å². The van der Waals surface area contributed by atoms with Gasteiger partial charge in [0.25, 0.3) is 5.91 Å². The molecule has 4 unspecified atom stereocenters. The number of primary amides is 1. The number of rotatable bonds is 10. The lowest BCUT2D eigenvalue weighted by atomic mass is 10.1. The molecule has 2 saturated heterocycles. The number of hydrogen-bond donors (Lipinski definition) is 1. The second-order valence-corrected chi connectivity index (χ2v) is 7.15.